The second-order valence-electron chi connectivity index (χ2n) is 6.44. The molecular weight excluding hydrogens is 424 g/mol. The largest absolute Gasteiger partial charge is 0.457 e. The van der Waals surface area contributed by atoms with Gasteiger partial charge in [-0.05, 0) is 61.5 Å². The van der Waals surface area contributed by atoms with Gasteiger partial charge in [0, 0.05) is 28.5 Å². The van der Waals surface area contributed by atoms with Crippen molar-refractivity contribution >= 4 is 27.4 Å². The Bertz CT molecular complexity index is 1270. The van der Waals surface area contributed by atoms with Gasteiger partial charge in [0.05, 0.1) is 10.6 Å². The van der Waals surface area contributed by atoms with Gasteiger partial charge in [0.1, 0.15) is 11.5 Å². The zero-order valence-electron chi connectivity index (χ0n) is 15.8. The molecule has 0 radical (unpaired) electrons. The van der Waals surface area contributed by atoms with Gasteiger partial charge in [-0.3, -0.25) is 14.8 Å². The Morgan fingerprint density at radius 1 is 1.00 bits per heavy atom. The van der Waals surface area contributed by atoms with Crippen LogP contribution < -0.4 is 9.46 Å². The van der Waals surface area contributed by atoms with Crippen molar-refractivity contribution in [3.8, 4) is 22.8 Å². The van der Waals surface area contributed by atoms with E-state index in [9.17, 15) is 8.42 Å². The number of hydrogen-bond donors (Lipinski definition) is 2. The lowest BCUT2D eigenvalue weighted by Gasteiger charge is -2.09. The molecule has 4 rings (SSSR count). The maximum absolute atomic E-state index is 12.8. The van der Waals surface area contributed by atoms with Crippen LogP contribution >= 0.6 is 11.6 Å². The average molecular weight is 441 g/mol. The summed E-state index contributed by atoms with van der Waals surface area (Å²) in [6.07, 6.45) is 3.32. The first-order valence-electron chi connectivity index (χ1n) is 8.94. The van der Waals surface area contributed by atoms with Gasteiger partial charge in [-0.15, -0.1) is 0 Å². The van der Waals surface area contributed by atoms with Gasteiger partial charge in [-0.25, -0.2) is 8.42 Å². The number of pyridine rings is 1. The van der Waals surface area contributed by atoms with E-state index in [1.54, 1.807) is 55.7 Å². The molecule has 4 aromatic rings. The molecule has 0 saturated carbocycles. The molecule has 0 aliphatic rings. The van der Waals surface area contributed by atoms with Crippen molar-refractivity contribution in [2.24, 2.45) is 0 Å². The van der Waals surface area contributed by atoms with E-state index in [0.29, 0.717) is 22.1 Å². The van der Waals surface area contributed by atoms with Gasteiger partial charge in [-0.2, -0.15) is 5.10 Å². The Kier molecular flexibility index (Phi) is 5.43. The highest BCUT2D eigenvalue weighted by atomic mass is 35.5. The number of anilines is 1. The Morgan fingerprint density at radius 2 is 1.73 bits per heavy atom. The normalized spacial score (nSPS) is 11.3. The smallest absolute Gasteiger partial charge is 0.263 e. The van der Waals surface area contributed by atoms with Gasteiger partial charge >= 0.3 is 0 Å². The highest BCUT2D eigenvalue weighted by Gasteiger charge is 2.19. The molecule has 9 heteroatoms. The minimum atomic E-state index is -3.82. The Hall–Kier alpha value is -3.36. The summed E-state index contributed by atoms with van der Waals surface area (Å²) < 4.78 is 33.8. The molecule has 0 saturated heterocycles. The van der Waals surface area contributed by atoms with E-state index in [2.05, 4.69) is 19.9 Å². The predicted octanol–water partition coefficient (Wildman–Crippen LogP) is 5.03. The van der Waals surface area contributed by atoms with Gasteiger partial charge in [0.25, 0.3) is 10.0 Å². The van der Waals surface area contributed by atoms with Crippen LogP contribution in [-0.4, -0.2) is 23.6 Å². The van der Waals surface area contributed by atoms with Crippen LogP contribution in [0.4, 0.5) is 5.82 Å². The number of aromatic nitrogens is 3. The van der Waals surface area contributed by atoms with Crippen LogP contribution in [-0.2, 0) is 10.0 Å². The zero-order valence-corrected chi connectivity index (χ0v) is 17.4. The summed E-state index contributed by atoms with van der Waals surface area (Å²) >= 11 is 5.95. The van der Waals surface area contributed by atoms with Crippen LogP contribution in [0.15, 0.2) is 78.0 Å². The van der Waals surface area contributed by atoms with Crippen molar-refractivity contribution in [1.29, 1.82) is 0 Å². The molecule has 0 atom stereocenters. The highest BCUT2D eigenvalue weighted by molar-refractivity contribution is 7.92. The van der Waals surface area contributed by atoms with Crippen LogP contribution in [0, 0.1) is 6.92 Å². The molecule has 0 amide bonds. The number of nitrogens with zero attached hydrogens (tertiary/aromatic N) is 2. The molecule has 0 bridgehead atoms. The molecule has 152 valence electrons. The summed E-state index contributed by atoms with van der Waals surface area (Å²) in [6.45, 7) is 1.79. The van der Waals surface area contributed by atoms with Crippen LogP contribution in [0.5, 0.6) is 11.5 Å². The minimum Gasteiger partial charge on any atom is -0.457 e. The number of ether oxygens (including phenoxy) is 1. The molecule has 0 aliphatic carbocycles. The van der Waals surface area contributed by atoms with Crippen LogP contribution in [0.2, 0.25) is 5.02 Å². The van der Waals surface area contributed by atoms with Crippen LogP contribution in [0.3, 0.4) is 0 Å². The van der Waals surface area contributed by atoms with Crippen LogP contribution in [0.25, 0.3) is 11.3 Å². The topological polar surface area (TPSA) is 97.0 Å². The summed E-state index contributed by atoms with van der Waals surface area (Å²) in [7, 11) is -3.82. The molecule has 0 aliphatic heterocycles. The Balaban J connectivity index is 1.52. The second kappa shape index (κ2) is 8.17. The third-order valence-electron chi connectivity index (χ3n) is 4.38. The monoisotopic (exact) mass is 440 g/mol. The first-order valence-corrected chi connectivity index (χ1v) is 10.8. The number of aromatic amines is 1. The van der Waals surface area contributed by atoms with Crippen molar-refractivity contribution in [1.82, 2.24) is 15.2 Å². The maximum atomic E-state index is 12.8. The summed E-state index contributed by atoms with van der Waals surface area (Å²) in [6, 6.07) is 16.7. The number of benzene rings is 2. The lowest BCUT2D eigenvalue weighted by atomic mass is 10.1. The first kappa shape index (κ1) is 19.9. The van der Waals surface area contributed by atoms with Gasteiger partial charge in [-0.1, -0.05) is 17.7 Å². The zero-order chi connectivity index (χ0) is 21.1. The lowest BCUT2D eigenvalue weighted by Crippen LogP contribution is -2.13. The van der Waals surface area contributed by atoms with E-state index in [4.69, 9.17) is 16.3 Å². The highest BCUT2D eigenvalue weighted by Crippen LogP contribution is 2.28. The average Bonchev–Trinajstić information content (AvgIpc) is 3.09. The SMILES string of the molecule is Cc1c(NS(=O)(=O)c2ccc(Oc3cccc(Cl)c3)cc2)n[nH]c1-c1ccncc1. The van der Waals surface area contributed by atoms with Crippen molar-refractivity contribution in [3.05, 3.63) is 83.6 Å². The lowest BCUT2D eigenvalue weighted by molar-refractivity contribution is 0.482. The minimum absolute atomic E-state index is 0.0915. The molecule has 7 nitrogen and oxygen atoms in total. The standard InChI is InChI=1S/C21H17ClN4O3S/c1-14-20(15-9-11-23-12-10-15)24-25-21(14)26-30(27,28)19-7-5-17(6-8-19)29-18-4-2-3-16(22)13-18/h2-13H,1H3,(H2,24,25,26). The predicted molar refractivity (Wildman–Crippen MR) is 115 cm³/mol. The van der Waals surface area contributed by atoms with Gasteiger partial charge in [0.15, 0.2) is 5.82 Å². The number of halogens is 1. The van der Waals surface area contributed by atoms with E-state index in [-0.39, 0.29) is 10.7 Å². The summed E-state index contributed by atoms with van der Waals surface area (Å²) in [5.41, 5.74) is 2.27. The van der Waals surface area contributed by atoms with E-state index in [1.807, 2.05) is 12.1 Å². The first-order chi connectivity index (χ1) is 14.4. The molecular formula is C21H17ClN4O3S. The number of rotatable bonds is 6. The van der Waals surface area contributed by atoms with Gasteiger partial charge < -0.3 is 4.74 Å². The fraction of sp³-hybridized carbons (Fsp3) is 0.0476. The molecule has 30 heavy (non-hydrogen) atoms. The second-order valence-corrected chi connectivity index (χ2v) is 8.56. The summed E-state index contributed by atoms with van der Waals surface area (Å²) in [5.74, 6) is 1.29. The third kappa shape index (κ3) is 4.29. The van der Waals surface area contributed by atoms with Crippen molar-refractivity contribution in [2.45, 2.75) is 11.8 Å². The van der Waals surface area contributed by atoms with Crippen molar-refractivity contribution < 1.29 is 13.2 Å². The van der Waals surface area contributed by atoms with E-state index in [1.165, 1.54) is 12.1 Å². The molecule has 2 aromatic heterocycles. The van der Waals surface area contributed by atoms with Crippen LogP contribution in [0.1, 0.15) is 5.56 Å². The number of hydrogen-bond acceptors (Lipinski definition) is 5. The molecule has 0 fully saturated rings. The van der Waals surface area contributed by atoms with Crippen molar-refractivity contribution in [2.75, 3.05) is 4.72 Å². The number of nitrogens with one attached hydrogen (secondary N) is 2. The van der Waals surface area contributed by atoms with Gasteiger partial charge in [0.2, 0.25) is 0 Å². The van der Waals surface area contributed by atoms with E-state index < -0.39 is 10.0 Å². The molecule has 0 spiro atoms. The maximum Gasteiger partial charge on any atom is 0.263 e. The van der Waals surface area contributed by atoms with Crippen molar-refractivity contribution in [3.63, 3.8) is 0 Å². The molecule has 2 aromatic carbocycles. The van der Waals surface area contributed by atoms with E-state index >= 15 is 0 Å². The molecule has 0 unspecified atom stereocenters. The Morgan fingerprint density at radius 3 is 2.43 bits per heavy atom. The number of H-pyrrole nitrogens is 1. The third-order valence-corrected chi connectivity index (χ3v) is 5.97. The fourth-order valence-electron chi connectivity index (χ4n) is 2.84. The Labute approximate surface area is 178 Å². The molecule has 2 heterocycles. The fourth-order valence-corrected chi connectivity index (χ4v) is 4.08. The summed E-state index contributed by atoms with van der Waals surface area (Å²) in [4.78, 5) is 4.07. The molecule has 2 N–H and O–H groups in total. The van der Waals surface area contributed by atoms with E-state index in [0.717, 1.165) is 11.3 Å². The number of sulfonamides is 1. The quantitative estimate of drug-likeness (QED) is 0.438. The summed E-state index contributed by atoms with van der Waals surface area (Å²) in [5, 5.41) is 7.53.